The molecule has 0 spiro atoms. The lowest BCUT2D eigenvalue weighted by Gasteiger charge is -2.21. The lowest BCUT2D eigenvalue weighted by molar-refractivity contribution is 0.427. The van der Waals surface area contributed by atoms with Crippen molar-refractivity contribution in [1.82, 2.24) is 0 Å². The number of allylic oxidation sites excluding steroid dienone is 2. The zero-order valence-corrected chi connectivity index (χ0v) is 4.65. The van der Waals surface area contributed by atoms with Gasteiger partial charge in [0.25, 0.3) is 0 Å². The highest BCUT2D eigenvalue weighted by Crippen LogP contribution is 2.53. The molecule has 0 saturated heterocycles. The van der Waals surface area contributed by atoms with Gasteiger partial charge < -0.3 is 0 Å². The van der Waals surface area contributed by atoms with Crippen molar-refractivity contribution in [3.63, 3.8) is 0 Å². The second kappa shape index (κ2) is 0.936. The van der Waals surface area contributed by atoms with E-state index in [1.165, 1.54) is 12.8 Å². The molecule has 0 aromatic rings. The van der Waals surface area contributed by atoms with Crippen LogP contribution >= 0.6 is 0 Å². The van der Waals surface area contributed by atoms with Crippen LogP contribution in [0.4, 0.5) is 0 Å². The molecule has 0 bridgehead atoms. The molecule has 38 valence electrons. The third-order valence-electron chi connectivity index (χ3n) is 2.22. The Labute approximate surface area is 44.2 Å². The van der Waals surface area contributed by atoms with E-state index in [4.69, 9.17) is 0 Å². The molecule has 0 heteroatoms. The summed E-state index contributed by atoms with van der Waals surface area (Å²) in [5.41, 5.74) is 1.77. The van der Waals surface area contributed by atoms with Crippen molar-refractivity contribution in [1.29, 1.82) is 0 Å². The third kappa shape index (κ3) is 0.324. The summed E-state index contributed by atoms with van der Waals surface area (Å²) in [5, 5.41) is 0. The number of rotatable bonds is 1. The number of hydrogen-bond donors (Lipinski definition) is 0. The lowest BCUT2D eigenvalue weighted by atomic mass is 9.83. The summed E-state index contributed by atoms with van der Waals surface area (Å²) in [6, 6.07) is 0. The minimum Gasteiger partial charge on any atom is -0.0772 e. The van der Waals surface area contributed by atoms with Crippen LogP contribution in [0.5, 0.6) is 0 Å². The molecular weight excluding hydrogens is 84.1 g/mol. The van der Waals surface area contributed by atoms with Gasteiger partial charge in [0.05, 0.1) is 0 Å². The molecule has 0 aromatic heterocycles. The average molecular weight is 94.2 g/mol. The second-order valence-corrected chi connectivity index (χ2v) is 2.61. The van der Waals surface area contributed by atoms with Gasteiger partial charge in [-0.25, -0.2) is 0 Å². The van der Waals surface area contributed by atoms with E-state index in [0.29, 0.717) is 0 Å². The van der Waals surface area contributed by atoms with Crippen molar-refractivity contribution >= 4 is 0 Å². The third-order valence-corrected chi connectivity index (χ3v) is 2.22. The first kappa shape index (κ1) is 3.71. The van der Waals surface area contributed by atoms with Crippen molar-refractivity contribution in [3.05, 3.63) is 11.6 Å². The molecule has 0 aliphatic heterocycles. The van der Waals surface area contributed by atoms with E-state index in [1.807, 2.05) is 0 Å². The quantitative estimate of drug-likeness (QED) is 0.436. The summed E-state index contributed by atoms with van der Waals surface area (Å²) in [4.78, 5) is 0. The van der Waals surface area contributed by atoms with Gasteiger partial charge in [-0.05, 0) is 24.7 Å². The summed E-state index contributed by atoms with van der Waals surface area (Å²) in [6.45, 7) is 2.28. The monoisotopic (exact) mass is 94.1 g/mol. The molecule has 0 heterocycles. The highest BCUT2D eigenvalue weighted by atomic mass is 14.5. The Hall–Kier alpha value is -0.260. The van der Waals surface area contributed by atoms with E-state index in [-0.39, 0.29) is 0 Å². The van der Waals surface area contributed by atoms with Crippen LogP contribution in [0.2, 0.25) is 0 Å². The molecule has 2 unspecified atom stereocenters. The topological polar surface area (TPSA) is 0 Å². The Morgan fingerprint density at radius 2 is 2.71 bits per heavy atom. The zero-order chi connectivity index (χ0) is 4.85. The predicted octanol–water partition coefficient (Wildman–Crippen LogP) is 1.97. The molecule has 2 rings (SSSR count). The molecule has 7 heavy (non-hydrogen) atoms. The number of hydrogen-bond acceptors (Lipinski definition) is 0. The zero-order valence-electron chi connectivity index (χ0n) is 4.65. The Morgan fingerprint density at radius 1 is 1.86 bits per heavy atom. The van der Waals surface area contributed by atoms with Crippen LogP contribution in [0.1, 0.15) is 19.8 Å². The Bertz CT molecular complexity index is 122. The minimum absolute atomic E-state index is 1.00. The van der Waals surface area contributed by atoms with Crippen LogP contribution < -0.4 is 0 Å². The van der Waals surface area contributed by atoms with E-state index in [1.54, 1.807) is 5.57 Å². The minimum atomic E-state index is 1.00. The van der Waals surface area contributed by atoms with Crippen molar-refractivity contribution in [3.8, 4) is 0 Å². The van der Waals surface area contributed by atoms with E-state index < -0.39 is 0 Å². The van der Waals surface area contributed by atoms with Gasteiger partial charge in [0, 0.05) is 0 Å². The van der Waals surface area contributed by atoms with Crippen LogP contribution in [-0.2, 0) is 0 Å². The van der Waals surface area contributed by atoms with Gasteiger partial charge in [-0.3, -0.25) is 0 Å². The molecule has 0 nitrogen and oxygen atoms in total. The van der Waals surface area contributed by atoms with Crippen molar-refractivity contribution in [2.45, 2.75) is 19.8 Å². The van der Waals surface area contributed by atoms with Gasteiger partial charge in [0.1, 0.15) is 0 Å². The normalized spacial score (nSPS) is 43.9. The first-order chi connectivity index (χ1) is 3.42. The van der Waals surface area contributed by atoms with Crippen molar-refractivity contribution < 1.29 is 0 Å². The summed E-state index contributed by atoms with van der Waals surface area (Å²) >= 11 is 0. The van der Waals surface area contributed by atoms with Crippen molar-refractivity contribution in [2.75, 3.05) is 0 Å². The lowest BCUT2D eigenvalue weighted by Crippen LogP contribution is -2.10. The van der Waals surface area contributed by atoms with Crippen LogP contribution in [0.3, 0.4) is 0 Å². The predicted molar refractivity (Wildman–Crippen MR) is 30.0 cm³/mol. The van der Waals surface area contributed by atoms with Crippen LogP contribution in [0.25, 0.3) is 0 Å². The molecule has 1 fully saturated rings. The van der Waals surface area contributed by atoms with E-state index in [0.717, 1.165) is 11.8 Å². The molecule has 0 N–H and O–H groups in total. The van der Waals surface area contributed by atoms with E-state index in [9.17, 15) is 0 Å². The summed E-state index contributed by atoms with van der Waals surface area (Å²) in [7, 11) is 0. The van der Waals surface area contributed by atoms with E-state index in [2.05, 4.69) is 13.0 Å². The first-order valence-electron chi connectivity index (χ1n) is 3.13. The molecular formula is C7H10. The SMILES string of the molecule is CCC1CC2C=C21. The summed E-state index contributed by atoms with van der Waals surface area (Å²) in [5.74, 6) is 2.02. The van der Waals surface area contributed by atoms with Gasteiger partial charge in [-0.15, -0.1) is 0 Å². The Kier molecular flexibility index (Phi) is 0.495. The van der Waals surface area contributed by atoms with Crippen LogP contribution in [0.15, 0.2) is 11.6 Å². The maximum atomic E-state index is 2.41. The molecule has 2 aliphatic rings. The molecule has 2 aliphatic carbocycles. The summed E-state index contributed by atoms with van der Waals surface area (Å²) < 4.78 is 0. The van der Waals surface area contributed by atoms with Gasteiger partial charge in [0.2, 0.25) is 0 Å². The fraction of sp³-hybridized carbons (Fsp3) is 0.714. The Balaban J connectivity index is 2.01. The van der Waals surface area contributed by atoms with Gasteiger partial charge in [-0.1, -0.05) is 18.6 Å². The summed E-state index contributed by atoms with van der Waals surface area (Å²) in [6.07, 6.45) is 5.27. The molecule has 0 amide bonds. The molecule has 0 aromatic carbocycles. The first-order valence-corrected chi connectivity index (χ1v) is 3.13. The average Bonchev–Trinajstić information content (AvgIpc) is 2.18. The molecule has 0 radical (unpaired) electrons. The maximum Gasteiger partial charge on any atom is -0.00116 e. The molecule has 1 saturated carbocycles. The highest BCUT2D eigenvalue weighted by Gasteiger charge is 2.41. The standard InChI is InChI=1S/C7H10/c1-2-5-3-6-4-7(5)6/h4-6H,2-3H2,1H3. The Morgan fingerprint density at radius 3 is 2.86 bits per heavy atom. The van der Waals surface area contributed by atoms with Gasteiger partial charge in [0.15, 0.2) is 0 Å². The smallest absolute Gasteiger partial charge is 0.00116 e. The highest BCUT2D eigenvalue weighted by molar-refractivity contribution is 5.39. The van der Waals surface area contributed by atoms with Crippen LogP contribution in [0, 0.1) is 11.8 Å². The fourth-order valence-electron chi connectivity index (χ4n) is 1.51. The maximum absolute atomic E-state index is 2.41. The largest absolute Gasteiger partial charge is 0.0772 e. The second-order valence-electron chi connectivity index (χ2n) is 2.61. The molecule has 2 atom stereocenters. The number of fused-ring (bicyclic) bond motifs is 1. The van der Waals surface area contributed by atoms with Crippen LogP contribution in [-0.4, -0.2) is 0 Å². The fourth-order valence-corrected chi connectivity index (χ4v) is 1.51. The van der Waals surface area contributed by atoms with E-state index >= 15 is 0 Å². The van der Waals surface area contributed by atoms with Crippen molar-refractivity contribution in [2.24, 2.45) is 11.8 Å². The van der Waals surface area contributed by atoms with Gasteiger partial charge in [-0.2, -0.15) is 0 Å². The van der Waals surface area contributed by atoms with Gasteiger partial charge >= 0.3 is 0 Å².